The average molecular weight is 211 g/mol. The number of rotatable bonds is 6. The Balaban J connectivity index is 2.60. The second-order valence-electron chi connectivity index (χ2n) is 3.82. The van der Waals surface area contributed by atoms with E-state index in [-0.39, 0.29) is 0 Å². The van der Waals surface area contributed by atoms with Crippen LogP contribution >= 0.6 is 0 Å². The summed E-state index contributed by atoms with van der Waals surface area (Å²) in [6, 6.07) is 2.42. The van der Waals surface area contributed by atoms with E-state index in [1.807, 2.05) is 11.6 Å². The van der Waals surface area contributed by atoms with Crippen LogP contribution < -0.4 is 5.32 Å². The summed E-state index contributed by atoms with van der Waals surface area (Å²) in [7, 11) is 1.73. The van der Waals surface area contributed by atoms with Crippen molar-refractivity contribution in [3.63, 3.8) is 0 Å². The lowest BCUT2D eigenvalue weighted by molar-refractivity contribution is 0.157. The first-order chi connectivity index (χ1) is 7.17. The van der Waals surface area contributed by atoms with E-state index in [1.54, 1.807) is 7.11 Å². The summed E-state index contributed by atoms with van der Waals surface area (Å²) in [6.07, 6.45) is 0. The van der Waals surface area contributed by atoms with Crippen LogP contribution in [0.1, 0.15) is 18.3 Å². The molecule has 1 N–H and O–H groups in total. The maximum absolute atomic E-state index is 5.17. The van der Waals surface area contributed by atoms with Gasteiger partial charge in [-0.25, -0.2) is 0 Å². The fourth-order valence-corrected chi connectivity index (χ4v) is 1.73. The standard InChI is InChI=1S/C11H21N3O/c1-5-12-11(8-15-4)7-14-10(3)6-9(2)13-14/h6,11-12H,5,7-8H2,1-4H3. The van der Waals surface area contributed by atoms with Crippen LogP contribution in [0, 0.1) is 13.8 Å². The molecule has 1 rings (SSSR count). The second-order valence-corrected chi connectivity index (χ2v) is 3.82. The zero-order valence-electron chi connectivity index (χ0n) is 10.1. The van der Waals surface area contributed by atoms with Crippen LogP contribution in [-0.4, -0.2) is 36.1 Å². The lowest BCUT2D eigenvalue weighted by Crippen LogP contribution is -2.37. The van der Waals surface area contributed by atoms with Gasteiger partial charge in [-0.15, -0.1) is 0 Å². The van der Waals surface area contributed by atoms with E-state index in [0.717, 1.165) is 18.8 Å². The Morgan fingerprint density at radius 1 is 1.53 bits per heavy atom. The van der Waals surface area contributed by atoms with Gasteiger partial charge in [0.25, 0.3) is 0 Å². The number of methoxy groups -OCH3 is 1. The Morgan fingerprint density at radius 3 is 2.73 bits per heavy atom. The third kappa shape index (κ3) is 3.64. The van der Waals surface area contributed by atoms with Crippen molar-refractivity contribution < 1.29 is 4.74 Å². The third-order valence-electron chi connectivity index (χ3n) is 2.36. The third-order valence-corrected chi connectivity index (χ3v) is 2.36. The van der Waals surface area contributed by atoms with Crippen LogP contribution in [0.25, 0.3) is 0 Å². The molecule has 0 aliphatic carbocycles. The molecule has 1 heterocycles. The number of ether oxygens (including phenoxy) is 1. The molecule has 0 radical (unpaired) electrons. The van der Waals surface area contributed by atoms with Gasteiger partial charge in [0, 0.05) is 12.8 Å². The fraction of sp³-hybridized carbons (Fsp3) is 0.727. The summed E-state index contributed by atoms with van der Waals surface area (Å²) in [4.78, 5) is 0. The van der Waals surface area contributed by atoms with Crippen molar-refractivity contribution in [3.05, 3.63) is 17.5 Å². The molecule has 4 nitrogen and oxygen atoms in total. The first-order valence-electron chi connectivity index (χ1n) is 5.40. The Labute approximate surface area is 91.6 Å². The summed E-state index contributed by atoms with van der Waals surface area (Å²) in [6.45, 7) is 8.72. The first-order valence-corrected chi connectivity index (χ1v) is 5.40. The van der Waals surface area contributed by atoms with Gasteiger partial charge in [-0.1, -0.05) is 6.92 Å². The van der Waals surface area contributed by atoms with Gasteiger partial charge in [0.15, 0.2) is 0 Å². The number of aromatic nitrogens is 2. The molecule has 0 aromatic carbocycles. The Hall–Kier alpha value is -0.870. The zero-order chi connectivity index (χ0) is 11.3. The van der Waals surface area contributed by atoms with E-state index < -0.39 is 0 Å². The van der Waals surface area contributed by atoms with Crippen molar-refractivity contribution >= 4 is 0 Å². The van der Waals surface area contributed by atoms with Crippen molar-refractivity contribution in [1.29, 1.82) is 0 Å². The quantitative estimate of drug-likeness (QED) is 0.766. The highest BCUT2D eigenvalue weighted by Gasteiger charge is 2.10. The molecular formula is C11H21N3O. The molecule has 1 aromatic heterocycles. The number of hydrogen-bond acceptors (Lipinski definition) is 3. The molecule has 1 aromatic rings. The molecule has 1 unspecified atom stereocenters. The van der Waals surface area contributed by atoms with E-state index in [4.69, 9.17) is 4.74 Å². The number of nitrogens with one attached hydrogen (secondary N) is 1. The van der Waals surface area contributed by atoms with E-state index in [1.165, 1.54) is 5.69 Å². The van der Waals surface area contributed by atoms with Crippen molar-refractivity contribution in [2.45, 2.75) is 33.4 Å². The lowest BCUT2D eigenvalue weighted by atomic mass is 10.3. The van der Waals surface area contributed by atoms with Crippen LogP contribution in [0.4, 0.5) is 0 Å². The van der Waals surface area contributed by atoms with Crippen LogP contribution in [-0.2, 0) is 11.3 Å². The summed E-state index contributed by atoms with van der Waals surface area (Å²) in [5.41, 5.74) is 2.27. The van der Waals surface area contributed by atoms with Crippen LogP contribution in [0.2, 0.25) is 0 Å². The van der Waals surface area contributed by atoms with E-state index >= 15 is 0 Å². The molecule has 0 aliphatic rings. The largest absolute Gasteiger partial charge is 0.383 e. The molecular weight excluding hydrogens is 190 g/mol. The molecule has 0 bridgehead atoms. The van der Waals surface area contributed by atoms with Crippen molar-refractivity contribution in [2.75, 3.05) is 20.3 Å². The van der Waals surface area contributed by atoms with Crippen molar-refractivity contribution in [3.8, 4) is 0 Å². The average Bonchev–Trinajstić information content (AvgIpc) is 2.46. The topological polar surface area (TPSA) is 39.1 Å². The molecule has 15 heavy (non-hydrogen) atoms. The van der Waals surface area contributed by atoms with E-state index in [2.05, 4.69) is 30.3 Å². The minimum absolute atomic E-state index is 0.331. The van der Waals surface area contributed by atoms with Gasteiger partial charge in [0.2, 0.25) is 0 Å². The number of aryl methyl sites for hydroxylation is 2. The molecule has 0 spiro atoms. The first kappa shape index (κ1) is 12.2. The lowest BCUT2D eigenvalue weighted by Gasteiger charge is -2.17. The highest BCUT2D eigenvalue weighted by molar-refractivity contribution is 5.06. The van der Waals surface area contributed by atoms with Crippen LogP contribution in [0.15, 0.2) is 6.07 Å². The normalized spacial score (nSPS) is 13.1. The Kier molecular flexibility index (Phi) is 4.78. The summed E-state index contributed by atoms with van der Waals surface area (Å²) in [5, 5.41) is 7.82. The van der Waals surface area contributed by atoms with Crippen LogP contribution in [0.3, 0.4) is 0 Å². The van der Waals surface area contributed by atoms with E-state index in [0.29, 0.717) is 12.6 Å². The molecule has 0 aliphatic heterocycles. The number of nitrogens with zero attached hydrogens (tertiary/aromatic N) is 2. The molecule has 4 heteroatoms. The van der Waals surface area contributed by atoms with Crippen molar-refractivity contribution in [2.24, 2.45) is 0 Å². The highest BCUT2D eigenvalue weighted by Crippen LogP contribution is 2.03. The molecule has 0 amide bonds. The molecule has 0 saturated carbocycles. The number of likely N-dealkylation sites (N-methyl/N-ethyl adjacent to an activating group) is 1. The van der Waals surface area contributed by atoms with Gasteiger partial charge in [-0.05, 0) is 26.5 Å². The smallest absolute Gasteiger partial charge is 0.0633 e. The molecule has 0 fully saturated rings. The van der Waals surface area contributed by atoms with Gasteiger partial charge in [-0.3, -0.25) is 4.68 Å². The maximum atomic E-state index is 5.17. The second kappa shape index (κ2) is 5.88. The van der Waals surface area contributed by atoms with Crippen LogP contribution in [0.5, 0.6) is 0 Å². The van der Waals surface area contributed by atoms with Gasteiger partial charge in [-0.2, -0.15) is 5.10 Å². The molecule has 1 atom stereocenters. The molecule has 86 valence electrons. The van der Waals surface area contributed by atoms with Gasteiger partial charge >= 0.3 is 0 Å². The predicted octanol–water partition coefficient (Wildman–Crippen LogP) is 1.12. The maximum Gasteiger partial charge on any atom is 0.0633 e. The number of hydrogen-bond donors (Lipinski definition) is 1. The van der Waals surface area contributed by atoms with Crippen molar-refractivity contribution in [1.82, 2.24) is 15.1 Å². The Bertz CT molecular complexity index is 290. The van der Waals surface area contributed by atoms with Gasteiger partial charge < -0.3 is 10.1 Å². The fourth-order valence-electron chi connectivity index (χ4n) is 1.73. The summed E-state index contributed by atoms with van der Waals surface area (Å²) >= 11 is 0. The monoisotopic (exact) mass is 211 g/mol. The summed E-state index contributed by atoms with van der Waals surface area (Å²) < 4.78 is 7.20. The predicted molar refractivity (Wildman–Crippen MR) is 61.0 cm³/mol. The van der Waals surface area contributed by atoms with E-state index in [9.17, 15) is 0 Å². The van der Waals surface area contributed by atoms with Gasteiger partial charge in [0.05, 0.1) is 24.9 Å². The van der Waals surface area contributed by atoms with Gasteiger partial charge in [0.1, 0.15) is 0 Å². The minimum atomic E-state index is 0.331. The highest BCUT2D eigenvalue weighted by atomic mass is 16.5. The minimum Gasteiger partial charge on any atom is -0.383 e. The Morgan fingerprint density at radius 2 is 2.27 bits per heavy atom. The SMILES string of the molecule is CCNC(COC)Cn1nc(C)cc1C. The molecule has 0 saturated heterocycles. The summed E-state index contributed by atoms with van der Waals surface area (Å²) in [5.74, 6) is 0. The zero-order valence-corrected chi connectivity index (χ0v) is 10.1.